The van der Waals surface area contributed by atoms with Gasteiger partial charge < -0.3 is 19.7 Å². The van der Waals surface area contributed by atoms with E-state index in [4.69, 9.17) is 9.47 Å². The quantitative estimate of drug-likeness (QED) is 0.545. The summed E-state index contributed by atoms with van der Waals surface area (Å²) in [6.07, 6.45) is 2.99. The van der Waals surface area contributed by atoms with Gasteiger partial charge in [-0.15, -0.1) is 0 Å². The lowest BCUT2D eigenvalue weighted by molar-refractivity contribution is 0.0509. The molecular formula is C28H30N2O3. The minimum atomic E-state index is -0.757. The van der Waals surface area contributed by atoms with E-state index < -0.39 is 5.66 Å². The van der Waals surface area contributed by atoms with E-state index in [1.54, 1.807) is 0 Å². The van der Waals surface area contributed by atoms with Crippen LogP contribution in [0.1, 0.15) is 41.3 Å². The van der Waals surface area contributed by atoms with Crippen LogP contribution in [-0.4, -0.2) is 36.7 Å². The van der Waals surface area contributed by atoms with E-state index in [-0.39, 0.29) is 12.0 Å². The van der Waals surface area contributed by atoms with Crippen molar-refractivity contribution in [1.82, 2.24) is 4.90 Å². The molecule has 0 bridgehead atoms. The maximum absolute atomic E-state index is 13.7. The van der Waals surface area contributed by atoms with Crippen LogP contribution in [0.2, 0.25) is 0 Å². The molecule has 5 heteroatoms. The van der Waals surface area contributed by atoms with Gasteiger partial charge in [-0.2, -0.15) is 0 Å². The predicted molar refractivity (Wildman–Crippen MR) is 130 cm³/mol. The summed E-state index contributed by atoms with van der Waals surface area (Å²) in [5, 5.41) is 3.67. The molecule has 1 N–H and O–H groups in total. The van der Waals surface area contributed by atoms with Gasteiger partial charge in [-0.1, -0.05) is 60.7 Å². The molecule has 33 heavy (non-hydrogen) atoms. The summed E-state index contributed by atoms with van der Waals surface area (Å²) < 4.78 is 12.0. The summed E-state index contributed by atoms with van der Waals surface area (Å²) in [7, 11) is 0. The molecule has 1 saturated heterocycles. The second-order valence-corrected chi connectivity index (χ2v) is 8.88. The van der Waals surface area contributed by atoms with Crippen molar-refractivity contribution in [3.05, 3.63) is 95.6 Å². The van der Waals surface area contributed by atoms with Gasteiger partial charge in [0.2, 0.25) is 0 Å². The molecule has 0 radical (unpaired) electrons. The Morgan fingerprint density at radius 2 is 1.79 bits per heavy atom. The van der Waals surface area contributed by atoms with Gasteiger partial charge in [0.15, 0.2) is 0 Å². The highest BCUT2D eigenvalue weighted by atomic mass is 16.5. The van der Waals surface area contributed by atoms with Gasteiger partial charge >= 0.3 is 0 Å². The first-order chi connectivity index (χ1) is 16.1. The second-order valence-electron chi connectivity index (χ2n) is 8.88. The number of anilines is 1. The Kier molecular flexibility index (Phi) is 6.05. The number of amides is 1. The molecule has 2 unspecified atom stereocenters. The summed E-state index contributed by atoms with van der Waals surface area (Å²) in [6.45, 7) is 3.97. The number of ether oxygens (including phenoxy) is 2. The molecule has 0 saturated carbocycles. The Balaban J connectivity index is 1.49. The second kappa shape index (κ2) is 9.28. The normalized spacial score (nSPS) is 22.0. The van der Waals surface area contributed by atoms with Gasteiger partial charge in [0.05, 0.1) is 11.7 Å². The van der Waals surface area contributed by atoms with Crippen LogP contribution < -0.4 is 10.1 Å². The van der Waals surface area contributed by atoms with Crippen molar-refractivity contribution in [1.29, 1.82) is 0 Å². The van der Waals surface area contributed by atoms with Crippen molar-refractivity contribution in [2.24, 2.45) is 0 Å². The van der Waals surface area contributed by atoms with Crippen LogP contribution in [0.4, 0.5) is 5.69 Å². The minimum absolute atomic E-state index is 0.0247. The lowest BCUT2D eigenvalue weighted by Crippen LogP contribution is -2.56. The van der Waals surface area contributed by atoms with Crippen LogP contribution in [0.25, 0.3) is 0 Å². The topological polar surface area (TPSA) is 50.8 Å². The zero-order valence-electron chi connectivity index (χ0n) is 19.0. The van der Waals surface area contributed by atoms with Crippen molar-refractivity contribution >= 4 is 11.6 Å². The third-order valence-corrected chi connectivity index (χ3v) is 6.65. The van der Waals surface area contributed by atoms with Gasteiger partial charge in [-0.05, 0) is 49.9 Å². The summed E-state index contributed by atoms with van der Waals surface area (Å²) in [5.74, 6) is 0.802. The van der Waals surface area contributed by atoms with E-state index in [0.29, 0.717) is 18.7 Å². The number of hydrogen-bond donors (Lipinski definition) is 1. The Bertz CT molecular complexity index is 1110. The molecular weight excluding hydrogens is 412 g/mol. The molecule has 5 nitrogen and oxygen atoms in total. The largest absolute Gasteiger partial charge is 0.490 e. The van der Waals surface area contributed by atoms with Crippen molar-refractivity contribution in [2.75, 3.05) is 25.1 Å². The Labute approximate surface area is 195 Å². The zero-order valence-corrected chi connectivity index (χ0v) is 19.0. The Hall–Kier alpha value is -3.31. The molecule has 2 atom stereocenters. The van der Waals surface area contributed by atoms with E-state index in [0.717, 1.165) is 42.9 Å². The molecule has 3 aromatic carbocycles. The van der Waals surface area contributed by atoms with Crippen LogP contribution in [0, 0.1) is 0 Å². The Morgan fingerprint density at radius 3 is 2.61 bits per heavy atom. The number of para-hydroxylation sites is 2. The van der Waals surface area contributed by atoms with Crippen molar-refractivity contribution in [3.63, 3.8) is 0 Å². The minimum Gasteiger partial charge on any atom is -0.490 e. The fourth-order valence-electron chi connectivity index (χ4n) is 4.83. The number of carbonyl (C=O) groups excluding carboxylic acids is 1. The SMILES string of the molecule is CC1(c2ccccc2OCC2CCCO2)Nc2ccccc2C(=O)N1CCc1ccccc1. The molecule has 2 aliphatic heterocycles. The van der Waals surface area contributed by atoms with Gasteiger partial charge in [0.1, 0.15) is 18.0 Å². The number of carbonyl (C=O) groups is 1. The number of rotatable bonds is 7. The summed E-state index contributed by atoms with van der Waals surface area (Å²) in [5.41, 5.74) is 2.93. The maximum Gasteiger partial charge on any atom is 0.258 e. The average molecular weight is 443 g/mol. The molecule has 170 valence electrons. The van der Waals surface area contributed by atoms with Crippen LogP contribution >= 0.6 is 0 Å². The van der Waals surface area contributed by atoms with Crippen LogP contribution in [0.5, 0.6) is 5.75 Å². The van der Waals surface area contributed by atoms with Gasteiger partial charge in [-0.25, -0.2) is 0 Å². The molecule has 1 fully saturated rings. The molecule has 5 rings (SSSR count). The maximum atomic E-state index is 13.7. The lowest BCUT2D eigenvalue weighted by Gasteiger charge is -2.47. The zero-order chi connectivity index (χ0) is 22.7. The highest BCUT2D eigenvalue weighted by Crippen LogP contribution is 2.41. The van der Waals surface area contributed by atoms with Crippen molar-refractivity contribution in [3.8, 4) is 5.75 Å². The molecule has 0 aromatic heterocycles. The smallest absolute Gasteiger partial charge is 0.258 e. The first-order valence-electron chi connectivity index (χ1n) is 11.7. The highest BCUT2D eigenvalue weighted by molar-refractivity contribution is 6.02. The molecule has 1 amide bonds. The molecule has 2 aliphatic rings. The standard InChI is InChI=1S/C28H30N2O3/c1-28(24-14-6-8-16-26(24)33-20-22-12-9-19-32-22)29-25-15-7-5-13-23(25)27(31)30(28)18-17-21-10-3-2-4-11-21/h2-8,10-11,13-16,22,29H,9,12,17-20H2,1H3. The Morgan fingerprint density at radius 1 is 1.03 bits per heavy atom. The highest BCUT2D eigenvalue weighted by Gasteiger charge is 2.43. The fourth-order valence-corrected chi connectivity index (χ4v) is 4.83. The predicted octanol–water partition coefficient (Wildman–Crippen LogP) is 5.23. The molecule has 0 spiro atoms. The molecule has 2 heterocycles. The third kappa shape index (κ3) is 4.33. The fraction of sp³-hybridized carbons (Fsp3) is 0.321. The number of fused-ring (bicyclic) bond motifs is 1. The average Bonchev–Trinajstić information content (AvgIpc) is 3.37. The van der Waals surface area contributed by atoms with Crippen molar-refractivity contribution < 1.29 is 14.3 Å². The summed E-state index contributed by atoms with van der Waals surface area (Å²) in [6, 6.07) is 26.0. The van der Waals surface area contributed by atoms with E-state index >= 15 is 0 Å². The van der Waals surface area contributed by atoms with E-state index in [2.05, 4.69) is 30.4 Å². The number of hydrogen-bond acceptors (Lipinski definition) is 4. The van der Waals surface area contributed by atoms with E-state index in [1.165, 1.54) is 5.56 Å². The summed E-state index contributed by atoms with van der Waals surface area (Å²) >= 11 is 0. The lowest BCUT2D eigenvalue weighted by atomic mass is 9.92. The first kappa shape index (κ1) is 21.5. The van der Waals surface area contributed by atoms with Gasteiger partial charge in [-0.3, -0.25) is 4.79 Å². The number of benzene rings is 3. The van der Waals surface area contributed by atoms with Crippen molar-refractivity contribution in [2.45, 2.75) is 38.0 Å². The summed E-state index contributed by atoms with van der Waals surface area (Å²) in [4.78, 5) is 15.7. The number of nitrogens with one attached hydrogen (secondary N) is 1. The monoisotopic (exact) mass is 442 g/mol. The number of nitrogens with zero attached hydrogens (tertiary/aromatic N) is 1. The van der Waals surface area contributed by atoms with Crippen LogP contribution in [0.3, 0.4) is 0 Å². The molecule has 3 aromatic rings. The van der Waals surface area contributed by atoms with Crippen LogP contribution in [0.15, 0.2) is 78.9 Å². The molecule has 0 aliphatic carbocycles. The third-order valence-electron chi connectivity index (χ3n) is 6.65. The van der Waals surface area contributed by atoms with E-state index in [1.807, 2.05) is 65.6 Å². The van der Waals surface area contributed by atoms with Crippen LogP contribution in [-0.2, 0) is 16.8 Å². The van der Waals surface area contributed by atoms with E-state index in [9.17, 15) is 4.79 Å². The van der Waals surface area contributed by atoms with Gasteiger partial charge in [0, 0.05) is 24.4 Å². The van der Waals surface area contributed by atoms with Gasteiger partial charge in [0.25, 0.3) is 5.91 Å². The first-order valence-corrected chi connectivity index (χ1v) is 11.7.